The minimum absolute atomic E-state index is 0.107. The zero-order valence-corrected chi connectivity index (χ0v) is 13.3. The molecule has 0 amide bonds. The highest BCUT2D eigenvalue weighted by molar-refractivity contribution is 7.86. The molecule has 112 valence electrons. The van der Waals surface area contributed by atoms with Crippen LogP contribution >= 0.6 is 11.6 Å². The molecule has 0 aromatic heterocycles. The van der Waals surface area contributed by atoms with Crippen molar-refractivity contribution in [1.82, 2.24) is 8.61 Å². The lowest BCUT2D eigenvalue weighted by Gasteiger charge is -2.39. The van der Waals surface area contributed by atoms with Crippen LogP contribution in [0.15, 0.2) is 0 Å². The van der Waals surface area contributed by atoms with Gasteiger partial charge >= 0.3 is 0 Å². The monoisotopic (exact) mass is 308 g/mol. The van der Waals surface area contributed by atoms with Crippen molar-refractivity contribution in [3.05, 3.63) is 0 Å². The van der Waals surface area contributed by atoms with Crippen LogP contribution in [0.25, 0.3) is 0 Å². The van der Waals surface area contributed by atoms with Gasteiger partial charge in [0.05, 0.1) is 0 Å². The lowest BCUT2D eigenvalue weighted by Crippen LogP contribution is -2.52. The van der Waals surface area contributed by atoms with Crippen molar-refractivity contribution >= 4 is 21.8 Å². The average Bonchev–Trinajstić information content (AvgIpc) is 2.40. The summed E-state index contributed by atoms with van der Waals surface area (Å²) < 4.78 is 28.9. The third-order valence-electron chi connectivity index (χ3n) is 4.38. The average molecular weight is 309 g/mol. The lowest BCUT2D eigenvalue weighted by atomic mass is 10.0. The molecule has 2 saturated heterocycles. The molecule has 0 saturated carbocycles. The predicted molar refractivity (Wildman–Crippen MR) is 78.6 cm³/mol. The first-order chi connectivity index (χ1) is 9.05. The number of piperidine rings is 2. The molecule has 0 N–H and O–H groups in total. The fourth-order valence-corrected chi connectivity index (χ4v) is 5.22. The third kappa shape index (κ3) is 3.63. The SMILES string of the molecule is CC1CCN(S(=O)(=O)N2CCCCC2CCCl)CC1. The van der Waals surface area contributed by atoms with Crippen molar-refractivity contribution in [3.63, 3.8) is 0 Å². The van der Waals surface area contributed by atoms with E-state index in [0.29, 0.717) is 31.4 Å². The van der Waals surface area contributed by atoms with Crippen molar-refractivity contribution in [2.24, 2.45) is 5.92 Å². The molecule has 1 unspecified atom stereocenters. The van der Waals surface area contributed by atoms with Gasteiger partial charge in [0, 0.05) is 31.6 Å². The predicted octanol–water partition coefficient (Wildman–Crippen LogP) is 2.45. The minimum Gasteiger partial charge on any atom is -0.195 e. The van der Waals surface area contributed by atoms with Crippen molar-refractivity contribution in [2.75, 3.05) is 25.5 Å². The maximum Gasteiger partial charge on any atom is 0.282 e. The van der Waals surface area contributed by atoms with Gasteiger partial charge in [-0.2, -0.15) is 17.0 Å². The van der Waals surface area contributed by atoms with E-state index >= 15 is 0 Å². The van der Waals surface area contributed by atoms with Gasteiger partial charge < -0.3 is 0 Å². The summed E-state index contributed by atoms with van der Waals surface area (Å²) in [5.74, 6) is 1.18. The van der Waals surface area contributed by atoms with Gasteiger partial charge in [-0.05, 0) is 38.0 Å². The number of rotatable bonds is 4. The summed E-state index contributed by atoms with van der Waals surface area (Å²) in [6.07, 6.45) is 5.77. The highest BCUT2D eigenvalue weighted by Crippen LogP contribution is 2.27. The van der Waals surface area contributed by atoms with E-state index in [4.69, 9.17) is 11.6 Å². The molecule has 6 heteroatoms. The number of nitrogens with zero attached hydrogens (tertiary/aromatic N) is 2. The van der Waals surface area contributed by atoms with E-state index in [1.165, 1.54) is 0 Å². The molecule has 0 radical (unpaired) electrons. The Bertz CT molecular complexity index is 378. The fourth-order valence-electron chi connectivity index (χ4n) is 3.06. The quantitative estimate of drug-likeness (QED) is 0.749. The van der Waals surface area contributed by atoms with Gasteiger partial charge in [0.1, 0.15) is 0 Å². The maximum atomic E-state index is 12.7. The topological polar surface area (TPSA) is 40.6 Å². The molecule has 2 aliphatic rings. The Hall–Kier alpha value is 0.160. The van der Waals surface area contributed by atoms with Crippen LogP contribution in [0.1, 0.15) is 45.4 Å². The zero-order valence-electron chi connectivity index (χ0n) is 11.7. The largest absolute Gasteiger partial charge is 0.282 e. The number of hydrogen-bond acceptors (Lipinski definition) is 2. The molecular formula is C13H25ClN2O2S. The summed E-state index contributed by atoms with van der Waals surface area (Å²) >= 11 is 5.82. The lowest BCUT2D eigenvalue weighted by molar-refractivity contribution is 0.210. The molecule has 0 aromatic rings. The Morgan fingerprint density at radius 1 is 1.11 bits per heavy atom. The van der Waals surface area contributed by atoms with E-state index in [0.717, 1.165) is 38.5 Å². The number of hydrogen-bond donors (Lipinski definition) is 0. The molecule has 0 spiro atoms. The summed E-state index contributed by atoms with van der Waals surface area (Å²) in [5.41, 5.74) is 0. The van der Waals surface area contributed by atoms with Crippen LogP contribution in [0, 0.1) is 5.92 Å². The Labute approximate surface area is 122 Å². The summed E-state index contributed by atoms with van der Waals surface area (Å²) in [7, 11) is -3.27. The summed E-state index contributed by atoms with van der Waals surface area (Å²) in [6.45, 7) is 4.21. The molecule has 0 aromatic carbocycles. The van der Waals surface area contributed by atoms with Crippen LogP contribution in [0.5, 0.6) is 0 Å². The van der Waals surface area contributed by atoms with Crippen molar-refractivity contribution in [1.29, 1.82) is 0 Å². The first kappa shape index (κ1) is 15.5. The summed E-state index contributed by atoms with van der Waals surface area (Å²) in [4.78, 5) is 0. The van der Waals surface area contributed by atoms with Gasteiger partial charge in [0.2, 0.25) is 0 Å². The highest BCUT2D eigenvalue weighted by atomic mass is 35.5. The van der Waals surface area contributed by atoms with Gasteiger partial charge in [-0.15, -0.1) is 11.6 Å². The standard InChI is InChI=1S/C13H25ClN2O2S/c1-12-6-10-15(11-7-12)19(17,18)16-9-3-2-4-13(16)5-8-14/h12-13H,2-11H2,1H3. The van der Waals surface area contributed by atoms with Crippen molar-refractivity contribution in [3.8, 4) is 0 Å². The molecule has 19 heavy (non-hydrogen) atoms. The van der Waals surface area contributed by atoms with Crippen LogP contribution in [-0.2, 0) is 10.2 Å². The van der Waals surface area contributed by atoms with E-state index in [-0.39, 0.29) is 6.04 Å². The fraction of sp³-hybridized carbons (Fsp3) is 1.00. The first-order valence-electron chi connectivity index (χ1n) is 7.38. The van der Waals surface area contributed by atoms with E-state index in [1.807, 2.05) is 0 Å². The van der Waals surface area contributed by atoms with E-state index in [2.05, 4.69) is 6.92 Å². The number of halogens is 1. The van der Waals surface area contributed by atoms with Crippen LogP contribution in [0.3, 0.4) is 0 Å². The maximum absolute atomic E-state index is 12.7. The molecule has 1 atom stereocenters. The van der Waals surface area contributed by atoms with E-state index in [1.54, 1.807) is 8.61 Å². The van der Waals surface area contributed by atoms with Crippen LogP contribution in [0.4, 0.5) is 0 Å². The van der Waals surface area contributed by atoms with Gasteiger partial charge in [0.15, 0.2) is 0 Å². The van der Waals surface area contributed by atoms with Gasteiger partial charge in [0.25, 0.3) is 10.2 Å². The van der Waals surface area contributed by atoms with Crippen LogP contribution in [0.2, 0.25) is 0 Å². The van der Waals surface area contributed by atoms with Crippen molar-refractivity contribution < 1.29 is 8.42 Å². The van der Waals surface area contributed by atoms with Crippen molar-refractivity contribution in [2.45, 2.75) is 51.5 Å². The number of alkyl halides is 1. The van der Waals surface area contributed by atoms with Gasteiger partial charge in [-0.1, -0.05) is 13.3 Å². The Morgan fingerprint density at radius 3 is 2.42 bits per heavy atom. The second-order valence-electron chi connectivity index (χ2n) is 5.83. The van der Waals surface area contributed by atoms with E-state index < -0.39 is 10.2 Å². The third-order valence-corrected chi connectivity index (χ3v) is 6.69. The van der Waals surface area contributed by atoms with Gasteiger partial charge in [-0.25, -0.2) is 0 Å². The molecule has 0 aliphatic carbocycles. The second-order valence-corrected chi connectivity index (χ2v) is 8.09. The Balaban J connectivity index is 2.08. The zero-order chi connectivity index (χ0) is 13.9. The van der Waals surface area contributed by atoms with E-state index in [9.17, 15) is 8.42 Å². The second kappa shape index (κ2) is 6.74. The van der Waals surface area contributed by atoms with Crippen LogP contribution in [-0.4, -0.2) is 48.6 Å². The smallest absolute Gasteiger partial charge is 0.195 e. The highest BCUT2D eigenvalue weighted by Gasteiger charge is 2.37. The first-order valence-corrected chi connectivity index (χ1v) is 9.31. The normalized spacial score (nSPS) is 28.6. The molecule has 2 fully saturated rings. The molecule has 2 aliphatic heterocycles. The molecule has 0 bridgehead atoms. The van der Waals surface area contributed by atoms with Crippen LogP contribution < -0.4 is 0 Å². The molecule has 2 rings (SSSR count). The summed E-state index contributed by atoms with van der Waals surface area (Å²) in [5, 5.41) is 0. The minimum atomic E-state index is -3.27. The van der Waals surface area contributed by atoms with Gasteiger partial charge in [-0.3, -0.25) is 0 Å². The molecule has 2 heterocycles. The Kier molecular flexibility index (Phi) is 5.52. The Morgan fingerprint density at radius 2 is 1.79 bits per heavy atom. The molecular weight excluding hydrogens is 284 g/mol. The molecule has 4 nitrogen and oxygen atoms in total. The summed E-state index contributed by atoms with van der Waals surface area (Å²) in [6, 6.07) is 0.107.